The second kappa shape index (κ2) is 6.10. The van der Waals surface area contributed by atoms with Crippen LogP contribution in [0.3, 0.4) is 0 Å². The monoisotopic (exact) mass is 446 g/mol. The third-order valence-electron chi connectivity index (χ3n) is 7.99. The van der Waals surface area contributed by atoms with Gasteiger partial charge in [0.25, 0.3) is 0 Å². The first-order valence-electron chi connectivity index (χ1n) is 12.0. The Bertz CT molecular complexity index is 2070. The summed E-state index contributed by atoms with van der Waals surface area (Å²) in [6, 6.07) is 24.2. The number of benzene rings is 3. The fraction of sp³-hybridized carbons (Fsp3) is 0.0645. The third-order valence-corrected chi connectivity index (χ3v) is 7.99. The Kier molecular flexibility index (Phi) is 3.11. The zero-order valence-electron chi connectivity index (χ0n) is 18.8. The van der Waals surface area contributed by atoms with Gasteiger partial charge < -0.3 is 0 Å². The molecule has 0 saturated carbocycles. The van der Waals surface area contributed by atoms with E-state index in [0.717, 1.165) is 35.2 Å². The Morgan fingerprint density at radius 1 is 0.657 bits per heavy atom. The third kappa shape index (κ3) is 2.11. The highest BCUT2D eigenvalue weighted by molar-refractivity contribution is 6.17. The van der Waals surface area contributed by atoms with Crippen molar-refractivity contribution in [2.45, 2.75) is 12.8 Å². The zero-order chi connectivity index (χ0) is 22.7. The second-order valence-electron chi connectivity index (χ2n) is 9.66. The lowest BCUT2D eigenvalue weighted by atomic mass is 9.95. The van der Waals surface area contributed by atoms with Gasteiger partial charge in [-0.3, -0.25) is 9.38 Å². The molecule has 0 bridgehead atoms. The lowest BCUT2D eigenvalue weighted by Gasteiger charge is -2.12. The van der Waals surface area contributed by atoms with Crippen LogP contribution in [0.1, 0.15) is 22.3 Å². The number of nitrogens with zero attached hydrogens (tertiary/aromatic N) is 4. The minimum Gasteiger partial charge on any atom is -0.274 e. The molecule has 0 unspecified atom stereocenters. The molecule has 0 N–H and O–H groups in total. The van der Waals surface area contributed by atoms with Crippen molar-refractivity contribution in [2.75, 3.05) is 0 Å². The normalized spacial score (nSPS) is 13.5. The Hall–Kier alpha value is -4.57. The van der Waals surface area contributed by atoms with E-state index in [2.05, 4.69) is 69.0 Å². The maximum Gasteiger partial charge on any atom is 0.165 e. The number of fused-ring (bicyclic) bond motifs is 16. The molecular formula is C31H18N4. The average molecular weight is 447 g/mol. The van der Waals surface area contributed by atoms with Crippen molar-refractivity contribution in [1.29, 1.82) is 0 Å². The standard InChI is InChI=1S/C31H18N4/c1-2-5-19-17(4-1)14-18-7-8-20-21-9-10-23-29(25(21)15-24(20)28(18)19)22-11-13-32-16-27(22)35-30(23)34-26-6-3-12-33-31(26)35/h1-13,16H,14-15H2. The minimum atomic E-state index is 0.876. The largest absolute Gasteiger partial charge is 0.274 e. The van der Waals surface area contributed by atoms with E-state index in [4.69, 9.17) is 4.98 Å². The number of hydrogen-bond donors (Lipinski definition) is 0. The Balaban J connectivity index is 1.42. The zero-order valence-corrected chi connectivity index (χ0v) is 18.8. The molecule has 2 aliphatic carbocycles. The minimum absolute atomic E-state index is 0.876. The van der Waals surface area contributed by atoms with Crippen molar-refractivity contribution in [3.05, 3.63) is 108 Å². The fourth-order valence-electron chi connectivity index (χ4n) is 6.59. The van der Waals surface area contributed by atoms with E-state index < -0.39 is 0 Å². The molecule has 162 valence electrons. The molecule has 7 aromatic rings. The Morgan fingerprint density at radius 3 is 2.57 bits per heavy atom. The van der Waals surface area contributed by atoms with Gasteiger partial charge in [0, 0.05) is 23.2 Å². The van der Waals surface area contributed by atoms with Gasteiger partial charge in [-0.25, -0.2) is 9.97 Å². The molecule has 3 aromatic carbocycles. The molecular weight excluding hydrogens is 428 g/mol. The summed E-state index contributed by atoms with van der Waals surface area (Å²) in [5, 5.41) is 3.67. The number of imidazole rings is 1. The van der Waals surface area contributed by atoms with Crippen molar-refractivity contribution in [2.24, 2.45) is 0 Å². The topological polar surface area (TPSA) is 43.1 Å². The van der Waals surface area contributed by atoms with Crippen LogP contribution in [0, 0.1) is 0 Å². The number of aromatic nitrogens is 4. The molecule has 4 heterocycles. The van der Waals surface area contributed by atoms with E-state index in [0.29, 0.717) is 0 Å². The van der Waals surface area contributed by atoms with Gasteiger partial charge in [-0.15, -0.1) is 0 Å². The highest BCUT2D eigenvalue weighted by Crippen LogP contribution is 2.50. The summed E-state index contributed by atoms with van der Waals surface area (Å²) in [6.07, 6.45) is 7.65. The van der Waals surface area contributed by atoms with Gasteiger partial charge in [0.2, 0.25) is 0 Å². The van der Waals surface area contributed by atoms with Gasteiger partial charge in [0.05, 0.1) is 11.7 Å². The van der Waals surface area contributed by atoms with Gasteiger partial charge in [-0.2, -0.15) is 0 Å². The molecule has 0 aliphatic heterocycles. The van der Waals surface area contributed by atoms with Crippen molar-refractivity contribution < 1.29 is 0 Å². The smallest absolute Gasteiger partial charge is 0.165 e. The lowest BCUT2D eigenvalue weighted by Crippen LogP contribution is -1.96. The van der Waals surface area contributed by atoms with Crippen LogP contribution in [0.2, 0.25) is 0 Å². The van der Waals surface area contributed by atoms with Crippen molar-refractivity contribution in [1.82, 2.24) is 19.4 Å². The number of hydrogen-bond acceptors (Lipinski definition) is 3. The van der Waals surface area contributed by atoms with Gasteiger partial charge in [0.15, 0.2) is 5.65 Å². The molecule has 0 amide bonds. The first-order valence-corrected chi connectivity index (χ1v) is 12.0. The highest BCUT2D eigenvalue weighted by Gasteiger charge is 2.30. The van der Waals surface area contributed by atoms with Crippen LogP contribution in [0.5, 0.6) is 0 Å². The molecule has 4 aromatic heterocycles. The summed E-state index contributed by atoms with van der Waals surface area (Å²) in [4.78, 5) is 14.2. The van der Waals surface area contributed by atoms with E-state index in [9.17, 15) is 0 Å². The van der Waals surface area contributed by atoms with Crippen LogP contribution in [-0.4, -0.2) is 19.4 Å². The van der Waals surface area contributed by atoms with Crippen LogP contribution in [0.4, 0.5) is 0 Å². The van der Waals surface area contributed by atoms with Crippen molar-refractivity contribution in [3.63, 3.8) is 0 Å². The van der Waals surface area contributed by atoms with Crippen LogP contribution in [-0.2, 0) is 12.8 Å². The van der Waals surface area contributed by atoms with Gasteiger partial charge >= 0.3 is 0 Å². The van der Waals surface area contributed by atoms with E-state index in [1.54, 1.807) is 0 Å². The molecule has 0 spiro atoms. The molecule has 35 heavy (non-hydrogen) atoms. The molecule has 9 rings (SSSR count). The molecule has 0 fully saturated rings. The Labute approximate surface area is 200 Å². The molecule has 0 radical (unpaired) electrons. The van der Waals surface area contributed by atoms with Crippen molar-refractivity contribution >= 4 is 38.5 Å². The van der Waals surface area contributed by atoms with E-state index in [1.807, 2.05) is 30.7 Å². The van der Waals surface area contributed by atoms with Crippen LogP contribution in [0.15, 0.2) is 85.3 Å². The van der Waals surface area contributed by atoms with Crippen molar-refractivity contribution in [3.8, 4) is 22.3 Å². The second-order valence-corrected chi connectivity index (χ2v) is 9.66. The summed E-state index contributed by atoms with van der Waals surface area (Å²) >= 11 is 0. The average Bonchev–Trinajstić information content (AvgIpc) is 3.59. The SMILES string of the molecule is c1ccc2c(c1)Cc1ccc3c(c1-2)Cc1c-3ccc2c1c1ccncc1n1c3ncccc3nc21. The van der Waals surface area contributed by atoms with Crippen LogP contribution in [0.25, 0.3) is 60.7 Å². The number of rotatable bonds is 0. The molecule has 4 nitrogen and oxygen atoms in total. The molecule has 2 aliphatic rings. The molecule has 0 atom stereocenters. The predicted octanol–water partition coefficient (Wildman–Crippen LogP) is 6.73. The van der Waals surface area contributed by atoms with Gasteiger partial charge in [-0.05, 0) is 87.0 Å². The van der Waals surface area contributed by atoms with E-state index in [1.165, 1.54) is 60.7 Å². The highest BCUT2D eigenvalue weighted by atomic mass is 15.1. The first-order chi connectivity index (χ1) is 17.4. The van der Waals surface area contributed by atoms with Gasteiger partial charge in [0.1, 0.15) is 11.2 Å². The van der Waals surface area contributed by atoms with Crippen LogP contribution >= 0.6 is 0 Å². The molecule has 4 heteroatoms. The molecule has 0 saturated heterocycles. The quantitative estimate of drug-likeness (QED) is 0.243. The summed E-state index contributed by atoms with van der Waals surface area (Å²) in [5.74, 6) is 0. The first kappa shape index (κ1) is 17.8. The summed E-state index contributed by atoms with van der Waals surface area (Å²) < 4.78 is 2.17. The van der Waals surface area contributed by atoms with E-state index in [-0.39, 0.29) is 0 Å². The van der Waals surface area contributed by atoms with E-state index >= 15 is 0 Å². The fourth-order valence-corrected chi connectivity index (χ4v) is 6.59. The summed E-state index contributed by atoms with van der Waals surface area (Å²) in [5.41, 5.74) is 15.1. The lowest BCUT2D eigenvalue weighted by molar-refractivity contribution is 1.22. The van der Waals surface area contributed by atoms with Crippen LogP contribution < -0.4 is 0 Å². The van der Waals surface area contributed by atoms with Gasteiger partial charge in [-0.1, -0.05) is 42.5 Å². The number of pyridine rings is 3. The predicted molar refractivity (Wildman–Crippen MR) is 140 cm³/mol. The summed E-state index contributed by atoms with van der Waals surface area (Å²) in [7, 11) is 0. The maximum absolute atomic E-state index is 5.03. The maximum atomic E-state index is 5.03. The summed E-state index contributed by atoms with van der Waals surface area (Å²) in [6.45, 7) is 0. The Morgan fingerprint density at radius 2 is 1.57 bits per heavy atom.